The molecule has 1 N–H and O–H groups in total. The van der Waals surface area contributed by atoms with Gasteiger partial charge in [0.1, 0.15) is 0 Å². The van der Waals surface area contributed by atoms with E-state index in [1.54, 1.807) is 25.2 Å². The van der Waals surface area contributed by atoms with Crippen LogP contribution >= 0.6 is 0 Å². The standard InChI is InChI=1S/C20H28N2O5/c1-25-17-7-6-16(13-18(17)26-2)14-19(23)21-10-4-5-15-8-11-22(12-9-15)20(24)27-3/h6-8,13H,4-5,9-12,14H2,1-3H3,(H,21,23). The van der Waals surface area contributed by atoms with Gasteiger partial charge in [-0.3, -0.25) is 4.79 Å². The van der Waals surface area contributed by atoms with E-state index in [2.05, 4.69) is 11.4 Å². The lowest BCUT2D eigenvalue weighted by Crippen LogP contribution is -2.34. The van der Waals surface area contributed by atoms with Crippen molar-refractivity contribution in [2.24, 2.45) is 0 Å². The van der Waals surface area contributed by atoms with Crippen LogP contribution in [-0.2, 0) is 16.0 Å². The first-order valence-electron chi connectivity index (χ1n) is 9.05. The number of hydrogen-bond donors (Lipinski definition) is 1. The van der Waals surface area contributed by atoms with Crippen molar-refractivity contribution in [3.05, 3.63) is 35.4 Å². The first kappa shape index (κ1) is 20.6. The van der Waals surface area contributed by atoms with E-state index in [4.69, 9.17) is 14.2 Å². The Hall–Kier alpha value is -2.70. The molecule has 0 bridgehead atoms. The van der Waals surface area contributed by atoms with Gasteiger partial charge in [-0.15, -0.1) is 0 Å². The van der Waals surface area contributed by atoms with Gasteiger partial charge in [0.15, 0.2) is 11.5 Å². The molecule has 0 radical (unpaired) electrons. The largest absolute Gasteiger partial charge is 0.493 e. The molecule has 2 amide bonds. The number of methoxy groups -OCH3 is 3. The quantitative estimate of drug-likeness (QED) is 0.557. The summed E-state index contributed by atoms with van der Waals surface area (Å²) in [6.45, 7) is 1.90. The van der Waals surface area contributed by atoms with Crippen LogP contribution in [0.1, 0.15) is 24.8 Å². The van der Waals surface area contributed by atoms with Gasteiger partial charge >= 0.3 is 6.09 Å². The summed E-state index contributed by atoms with van der Waals surface area (Å²) in [6.07, 6.45) is 4.75. The van der Waals surface area contributed by atoms with Crippen LogP contribution in [0.4, 0.5) is 4.79 Å². The third kappa shape index (κ3) is 6.20. The number of nitrogens with one attached hydrogen (secondary N) is 1. The van der Waals surface area contributed by atoms with Gasteiger partial charge < -0.3 is 24.4 Å². The van der Waals surface area contributed by atoms with Gasteiger partial charge in [0, 0.05) is 19.6 Å². The zero-order valence-electron chi connectivity index (χ0n) is 16.2. The summed E-state index contributed by atoms with van der Waals surface area (Å²) < 4.78 is 15.2. The molecule has 0 spiro atoms. The van der Waals surface area contributed by atoms with Crippen LogP contribution in [0, 0.1) is 0 Å². The van der Waals surface area contributed by atoms with Crippen molar-refractivity contribution in [2.75, 3.05) is 41.0 Å². The Kier molecular flexibility index (Phi) is 7.98. The Bertz CT molecular complexity index is 687. The minimum atomic E-state index is -0.285. The van der Waals surface area contributed by atoms with Gasteiger partial charge in [0.25, 0.3) is 0 Å². The van der Waals surface area contributed by atoms with Gasteiger partial charge in [-0.05, 0) is 37.0 Å². The van der Waals surface area contributed by atoms with Crippen molar-refractivity contribution < 1.29 is 23.8 Å². The molecule has 0 aliphatic carbocycles. The average Bonchev–Trinajstić information content (AvgIpc) is 2.71. The molecule has 1 heterocycles. The fourth-order valence-corrected chi connectivity index (χ4v) is 3.01. The van der Waals surface area contributed by atoms with Crippen LogP contribution in [0.15, 0.2) is 29.8 Å². The van der Waals surface area contributed by atoms with Crippen LogP contribution in [0.3, 0.4) is 0 Å². The molecule has 0 fully saturated rings. The first-order valence-corrected chi connectivity index (χ1v) is 9.05. The number of carbonyl (C=O) groups is 2. The van der Waals surface area contributed by atoms with Crippen molar-refractivity contribution in [1.29, 1.82) is 0 Å². The fraction of sp³-hybridized carbons (Fsp3) is 0.500. The maximum Gasteiger partial charge on any atom is 0.409 e. The third-order valence-electron chi connectivity index (χ3n) is 4.55. The molecule has 27 heavy (non-hydrogen) atoms. The van der Waals surface area contributed by atoms with Gasteiger partial charge in [0.05, 0.1) is 27.8 Å². The van der Waals surface area contributed by atoms with Crippen molar-refractivity contribution in [1.82, 2.24) is 10.2 Å². The third-order valence-corrected chi connectivity index (χ3v) is 4.55. The lowest BCUT2D eigenvalue weighted by atomic mass is 10.0. The predicted molar refractivity (Wildman–Crippen MR) is 102 cm³/mol. The van der Waals surface area contributed by atoms with E-state index in [9.17, 15) is 9.59 Å². The second-order valence-electron chi connectivity index (χ2n) is 6.35. The summed E-state index contributed by atoms with van der Waals surface area (Å²) in [7, 11) is 4.55. The van der Waals surface area contributed by atoms with Crippen molar-refractivity contribution in [3.63, 3.8) is 0 Å². The van der Waals surface area contributed by atoms with Crippen molar-refractivity contribution in [3.8, 4) is 11.5 Å². The number of hydrogen-bond acceptors (Lipinski definition) is 5. The highest BCUT2D eigenvalue weighted by Crippen LogP contribution is 2.27. The molecule has 7 nitrogen and oxygen atoms in total. The topological polar surface area (TPSA) is 77.1 Å². The molecular weight excluding hydrogens is 348 g/mol. The molecule has 1 aliphatic heterocycles. The summed E-state index contributed by atoms with van der Waals surface area (Å²) >= 11 is 0. The van der Waals surface area contributed by atoms with Crippen LogP contribution in [-0.4, -0.2) is 57.9 Å². The second-order valence-corrected chi connectivity index (χ2v) is 6.35. The smallest absolute Gasteiger partial charge is 0.409 e. The molecule has 148 valence electrons. The molecule has 1 aromatic rings. The maximum absolute atomic E-state index is 12.1. The molecular formula is C20H28N2O5. The lowest BCUT2D eigenvalue weighted by molar-refractivity contribution is -0.120. The number of amides is 2. The highest BCUT2D eigenvalue weighted by Gasteiger charge is 2.17. The van der Waals surface area contributed by atoms with Gasteiger partial charge in [-0.25, -0.2) is 4.79 Å². The average molecular weight is 376 g/mol. The van der Waals surface area contributed by atoms with Gasteiger partial charge in [0.2, 0.25) is 5.91 Å². The van der Waals surface area contributed by atoms with E-state index < -0.39 is 0 Å². The van der Waals surface area contributed by atoms with Crippen LogP contribution in [0.25, 0.3) is 0 Å². The predicted octanol–water partition coefficient (Wildman–Crippen LogP) is 2.54. The van der Waals surface area contributed by atoms with E-state index in [1.807, 2.05) is 12.1 Å². The molecule has 1 aromatic carbocycles. The summed E-state index contributed by atoms with van der Waals surface area (Å²) in [5, 5.41) is 2.95. The summed E-state index contributed by atoms with van der Waals surface area (Å²) in [6, 6.07) is 5.48. The number of ether oxygens (including phenoxy) is 3. The second kappa shape index (κ2) is 10.4. The molecule has 0 aromatic heterocycles. The highest BCUT2D eigenvalue weighted by molar-refractivity contribution is 5.78. The zero-order chi connectivity index (χ0) is 19.6. The normalized spacial score (nSPS) is 13.6. The Morgan fingerprint density at radius 1 is 1.15 bits per heavy atom. The summed E-state index contributed by atoms with van der Waals surface area (Å²) in [5.41, 5.74) is 2.20. The molecule has 7 heteroatoms. The molecule has 2 rings (SSSR count). The number of carbonyl (C=O) groups excluding carboxylic acids is 2. The van der Waals surface area contributed by atoms with Gasteiger partial charge in [-0.1, -0.05) is 17.7 Å². The van der Waals surface area contributed by atoms with E-state index in [1.165, 1.54) is 12.7 Å². The summed E-state index contributed by atoms with van der Waals surface area (Å²) in [5.74, 6) is 1.25. The number of nitrogens with zero attached hydrogens (tertiary/aromatic N) is 1. The number of rotatable bonds is 8. The minimum Gasteiger partial charge on any atom is -0.493 e. The fourth-order valence-electron chi connectivity index (χ4n) is 3.01. The van der Waals surface area contributed by atoms with E-state index in [0.717, 1.165) is 24.8 Å². The molecule has 1 aliphatic rings. The monoisotopic (exact) mass is 376 g/mol. The summed E-state index contributed by atoms with van der Waals surface area (Å²) in [4.78, 5) is 25.2. The SMILES string of the molecule is COC(=O)N1CC=C(CCCNC(=O)Cc2ccc(OC)c(OC)c2)CC1. The van der Waals surface area contributed by atoms with Crippen molar-refractivity contribution in [2.45, 2.75) is 25.7 Å². The van der Waals surface area contributed by atoms with Crippen molar-refractivity contribution >= 4 is 12.0 Å². The lowest BCUT2D eigenvalue weighted by Gasteiger charge is -2.25. The van der Waals surface area contributed by atoms with E-state index in [0.29, 0.717) is 37.6 Å². The Morgan fingerprint density at radius 3 is 2.56 bits per heavy atom. The van der Waals surface area contributed by atoms with Crippen LogP contribution < -0.4 is 14.8 Å². The highest BCUT2D eigenvalue weighted by atomic mass is 16.5. The Labute approximate surface area is 160 Å². The van der Waals surface area contributed by atoms with E-state index >= 15 is 0 Å². The first-order chi connectivity index (χ1) is 13.1. The maximum atomic E-state index is 12.1. The van der Waals surface area contributed by atoms with E-state index in [-0.39, 0.29) is 12.0 Å². The molecule has 0 unspecified atom stereocenters. The van der Waals surface area contributed by atoms with Gasteiger partial charge in [-0.2, -0.15) is 0 Å². The molecule has 0 atom stereocenters. The van der Waals surface area contributed by atoms with Crippen LogP contribution in [0.2, 0.25) is 0 Å². The zero-order valence-corrected chi connectivity index (χ0v) is 16.2. The minimum absolute atomic E-state index is 0.0169. The Balaban J connectivity index is 1.69. The Morgan fingerprint density at radius 2 is 1.93 bits per heavy atom. The molecule has 0 saturated carbocycles. The molecule has 0 saturated heterocycles. The number of benzene rings is 1. The van der Waals surface area contributed by atoms with Crippen LogP contribution in [0.5, 0.6) is 11.5 Å².